The van der Waals surface area contributed by atoms with Gasteiger partial charge in [0.1, 0.15) is 0 Å². The van der Waals surface area contributed by atoms with Crippen molar-refractivity contribution in [2.24, 2.45) is 10.7 Å². The minimum absolute atomic E-state index is 0.949. The molecule has 46 valence electrons. The fraction of sp³-hybridized carbons (Fsp3) is 0.500. The Balaban J connectivity index is 3.72. The quantitative estimate of drug-likeness (QED) is 0.530. The number of nitrogens with two attached hydrogens (primary N) is 1. The molecule has 2 N–H and O–H groups in total. The summed E-state index contributed by atoms with van der Waals surface area (Å²) in [6, 6.07) is 0. The standard InChI is InChI=1S/C6H12N2/c1-3-6(8-2)4-5-7/h4-5H,3,7H2,1-2H3. The number of allylic oxidation sites excluding steroid dienone is 1. The fourth-order valence-electron chi connectivity index (χ4n) is 0.462. The summed E-state index contributed by atoms with van der Waals surface area (Å²) in [6.45, 7) is 2.04. The van der Waals surface area contributed by atoms with E-state index in [1.54, 1.807) is 13.1 Å². The monoisotopic (exact) mass is 112 g/mol. The van der Waals surface area contributed by atoms with Crippen molar-refractivity contribution in [1.29, 1.82) is 0 Å². The van der Waals surface area contributed by atoms with Crippen LogP contribution in [0.3, 0.4) is 0 Å². The SMILES string of the molecule is CCC(C=CN)=NC. The third-order valence-corrected chi connectivity index (χ3v) is 0.938. The van der Waals surface area contributed by atoms with Gasteiger partial charge in [-0.1, -0.05) is 6.92 Å². The van der Waals surface area contributed by atoms with Gasteiger partial charge < -0.3 is 5.73 Å². The number of hydrogen-bond donors (Lipinski definition) is 1. The lowest BCUT2D eigenvalue weighted by molar-refractivity contribution is 1.25. The third-order valence-electron chi connectivity index (χ3n) is 0.938. The van der Waals surface area contributed by atoms with Crippen LogP contribution in [0.4, 0.5) is 0 Å². The number of rotatable bonds is 2. The van der Waals surface area contributed by atoms with Gasteiger partial charge in [0.05, 0.1) is 0 Å². The molecule has 0 saturated heterocycles. The molecule has 0 aromatic heterocycles. The highest BCUT2D eigenvalue weighted by Gasteiger charge is 1.82. The van der Waals surface area contributed by atoms with Crippen LogP contribution in [0.2, 0.25) is 0 Å². The average molecular weight is 112 g/mol. The van der Waals surface area contributed by atoms with Crippen molar-refractivity contribution < 1.29 is 0 Å². The van der Waals surface area contributed by atoms with Crippen LogP contribution in [0.25, 0.3) is 0 Å². The van der Waals surface area contributed by atoms with Crippen molar-refractivity contribution in [3.05, 3.63) is 12.3 Å². The molecule has 0 aromatic rings. The van der Waals surface area contributed by atoms with Gasteiger partial charge >= 0.3 is 0 Å². The van der Waals surface area contributed by atoms with Gasteiger partial charge in [-0.25, -0.2) is 0 Å². The zero-order valence-electron chi connectivity index (χ0n) is 5.39. The fourth-order valence-corrected chi connectivity index (χ4v) is 0.462. The maximum absolute atomic E-state index is 5.12. The average Bonchev–Trinajstić information content (AvgIpc) is 1.83. The van der Waals surface area contributed by atoms with E-state index in [2.05, 4.69) is 4.99 Å². The Bertz CT molecular complexity index is 100. The van der Waals surface area contributed by atoms with Crippen LogP contribution in [0.15, 0.2) is 17.3 Å². The van der Waals surface area contributed by atoms with Gasteiger partial charge in [0.25, 0.3) is 0 Å². The molecule has 0 fully saturated rings. The second-order valence-electron chi connectivity index (χ2n) is 1.43. The van der Waals surface area contributed by atoms with E-state index in [0.717, 1.165) is 12.1 Å². The normalized spacial score (nSPS) is 13.0. The molecule has 0 aliphatic heterocycles. The summed E-state index contributed by atoms with van der Waals surface area (Å²) in [6.07, 6.45) is 4.26. The molecule has 0 radical (unpaired) electrons. The molecule has 0 heterocycles. The van der Waals surface area contributed by atoms with E-state index in [9.17, 15) is 0 Å². The molecule has 0 saturated carbocycles. The van der Waals surface area contributed by atoms with E-state index in [1.807, 2.05) is 6.92 Å². The summed E-state index contributed by atoms with van der Waals surface area (Å²) in [5.74, 6) is 0. The molecule has 8 heavy (non-hydrogen) atoms. The Hall–Kier alpha value is -0.790. The van der Waals surface area contributed by atoms with Gasteiger partial charge in [0.2, 0.25) is 0 Å². The van der Waals surface area contributed by atoms with Gasteiger partial charge in [-0.05, 0) is 18.7 Å². The molecule has 0 bridgehead atoms. The smallest absolute Gasteiger partial charge is 0.0356 e. The highest BCUT2D eigenvalue weighted by molar-refractivity contribution is 5.94. The summed E-state index contributed by atoms with van der Waals surface area (Å²) in [5, 5.41) is 0. The predicted octanol–water partition coefficient (Wildman–Crippen LogP) is 0.940. The Morgan fingerprint density at radius 1 is 1.75 bits per heavy atom. The lowest BCUT2D eigenvalue weighted by Crippen LogP contribution is -1.91. The first kappa shape index (κ1) is 7.21. The van der Waals surface area contributed by atoms with Crippen LogP contribution < -0.4 is 5.73 Å². The van der Waals surface area contributed by atoms with E-state index >= 15 is 0 Å². The minimum Gasteiger partial charge on any atom is -0.405 e. The van der Waals surface area contributed by atoms with E-state index in [-0.39, 0.29) is 0 Å². The Kier molecular flexibility index (Phi) is 3.94. The van der Waals surface area contributed by atoms with Gasteiger partial charge in [-0.15, -0.1) is 0 Å². The Morgan fingerprint density at radius 3 is 2.50 bits per heavy atom. The second-order valence-corrected chi connectivity index (χ2v) is 1.43. The largest absolute Gasteiger partial charge is 0.405 e. The molecule has 0 amide bonds. The van der Waals surface area contributed by atoms with Crippen LogP contribution in [-0.2, 0) is 0 Å². The summed E-state index contributed by atoms with van der Waals surface area (Å²) in [4.78, 5) is 3.95. The highest BCUT2D eigenvalue weighted by atomic mass is 14.7. The van der Waals surface area contributed by atoms with Crippen molar-refractivity contribution in [2.75, 3.05) is 7.05 Å². The first-order valence-corrected chi connectivity index (χ1v) is 2.69. The van der Waals surface area contributed by atoms with Gasteiger partial charge in [-0.3, -0.25) is 4.99 Å². The number of nitrogens with zero attached hydrogens (tertiary/aromatic N) is 1. The lowest BCUT2D eigenvalue weighted by Gasteiger charge is -1.88. The van der Waals surface area contributed by atoms with Crippen LogP contribution in [-0.4, -0.2) is 12.8 Å². The van der Waals surface area contributed by atoms with Crippen molar-refractivity contribution >= 4 is 5.71 Å². The molecule has 0 unspecified atom stereocenters. The van der Waals surface area contributed by atoms with E-state index < -0.39 is 0 Å². The molecule has 2 nitrogen and oxygen atoms in total. The molecular weight excluding hydrogens is 100 g/mol. The van der Waals surface area contributed by atoms with E-state index in [4.69, 9.17) is 5.73 Å². The molecule has 0 spiro atoms. The van der Waals surface area contributed by atoms with Crippen LogP contribution in [0, 0.1) is 0 Å². The molecular formula is C6H12N2. The van der Waals surface area contributed by atoms with Crippen molar-refractivity contribution in [3.63, 3.8) is 0 Å². The summed E-state index contributed by atoms with van der Waals surface area (Å²) < 4.78 is 0. The minimum atomic E-state index is 0.949. The lowest BCUT2D eigenvalue weighted by atomic mass is 10.3. The zero-order chi connectivity index (χ0) is 6.41. The first-order valence-electron chi connectivity index (χ1n) is 2.69. The van der Waals surface area contributed by atoms with Crippen molar-refractivity contribution in [3.8, 4) is 0 Å². The summed E-state index contributed by atoms with van der Waals surface area (Å²) in [5.41, 5.74) is 6.15. The van der Waals surface area contributed by atoms with Gasteiger partial charge in [0.15, 0.2) is 0 Å². The zero-order valence-corrected chi connectivity index (χ0v) is 5.39. The summed E-state index contributed by atoms with van der Waals surface area (Å²) in [7, 11) is 1.76. The topological polar surface area (TPSA) is 38.4 Å². The maximum Gasteiger partial charge on any atom is 0.0356 e. The maximum atomic E-state index is 5.12. The highest BCUT2D eigenvalue weighted by Crippen LogP contribution is 1.84. The molecule has 2 heteroatoms. The number of hydrogen-bond acceptors (Lipinski definition) is 2. The summed E-state index contributed by atoms with van der Waals surface area (Å²) >= 11 is 0. The molecule has 0 aliphatic carbocycles. The molecule has 0 aliphatic rings. The Labute approximate surface area is 50.1 Å². The van der Waals surface area contributed by atoms with Crippen LogP contribution >= 0.6 is 0 Å². The van der Waals surface area contributed by atoms with E-state index in [1.165, 1.54) is 6.20 Å². The van der Waals surface area contributed by atoms with Crippen LogP contribution in [0.5, 0.6) is 0 Å². The first-order chi connectivity index (χ1) is 3.85. The third kappa shape index (κ3) is 2.39. The Morgan fingerprint density at radius 2 is 2.38 bits per heavy atom. The van der Waals surface area contributed by atoms with Gasteiger partial charge in [-0.2, -0.15) is 0 Å². The van der Waals surface area contributed by atoms with Crippen LogP contribution in [0.1, 0.15) is 13.3 Å². The molecule has 0 aromatic carbocycles. The van der Waals surface area contributed by atoms with Crippen molar-refractivity contribution in [1.82, 2.24) is 0 Å². The van der Waals surface area contributed by atoms with E-state index in [0.29, 0.717) is 0 Å². The second kappa shape index (κ2) is 4.37. The molecule has 0 rings (SSSR count). The van der Waals surface area contributed by atoms with Crippen molar-refractivity contribution in [2.45, 2.75) is 13.3 Å². The number of aliphatic imine (C=N–C) groups is 1. The molecule has 0 atom stereocenters. The predicted molar refractivity (Wildman–Crippen MR) is 37.0 cm³/mol. The van der Waals surface area contributed by atoms with Gasteiger partial charge in [0, 0.05) is 12.8 Å².